The number of carbonyl (C=O) groups excluding carboxylic acids is 1. The van der Waals surface area contributed by atoms with Crippen molar-refractivity contribution in [3.05, 3.63) is 29.8 Å². The zero-order chi connectivity index (χ0) is 20.2. The minimum atomic E-state index is -4.44. The molecule has 1 heterocycles. The van der Waals surface area contributed by atoms with Crippen LogP contribution < -0.4 is 5.32 Å². The second-order valence-electron chi connectivity index (χ2n) is 8.97. The largest absolute Gasteiger partial charge is 0.416 e. The van der Waals surface area contributed by atoms with Gasteiger partial charge in [-0.05, 0) is 73.6 Å². The number of rotatable bonds is 4. The predicted octanol–water partition coefficient (Wildman–Crippen LogP) is 3.44. The lowest BCUT2D eigenvalue weighted by Gasteiger charge is -2.56. The second-order valence-corrected chi connectivity index (χ2v) is 8.97. The van der Waals surface area contributed by atoms with Crippen molar-refractivity contribution < 1.29 is 18.0 Å². The number of carbonyl (C=O) groups is 1. The third-order valence-corrected chi connectivity index (χ3v) is 6.63. The molecule has 6 rings (SSSR count). The highest BCUT2D eigenvalue weighted by Crippen LogP contribution is 2.55. The fraction of sp³-hybridized carbons (Fsp3) is 0.600. The summed E-state index contributed by atoms with van der Waals surface area (Å²) in [5.41, 5.74) is -0.658. The molecule has 6 nitrogen and oxygen atoms in total. The topological polar surface area (TPSA) is 72.7 Å². The Hall–Kier alpha value is -2.45. The Morgan fingerprint density at radius 2 is 1.79 bits per heavy atom. The van der Waals surface area contributed by atoms with Gasteiger partial charge in [-0.2, -0.15) is 18.0 Å². The van der Waals surface area contributed by atoms with E-state index >= 15 is 0 Å². The summed E-state index contributed by atoms with van der Waals surface area (Å²) in [6.45, 7) is -0.0896. The first-order valence-electron chi connectivity index (χ1n) is 10.0. The van der Waals surface area contributed by atoms with Gasteiger partial charge in [0.05, 0.1) is 5.56 Å². The predicted molar refractivity (Wildman–Crippen MR) is 97.3 cm³/mol. The lowest BCUT2D eigenvalue weighted by Crippen LogP contribution is -2.60. The van der Waals surface area contributed by atoms with Crippen molar-refractivity contribution in [3.63, 3.8) is 0 Å². The third-order valence-electron chi connectivity index (χ3n) is 6.63. The van der Waals surface area contributed by atoms with Crippen LogP contribution >= 0.6 is 0 Å². The van der Waals surface area contributed by atoms with Crippen LogP contribution in [0.5, 0.6) is 0 Å². The summed E-state index contributed by atoms with van der Waals surface area (Å²) in [6.07, 6.45) is 2.57. The van der Waals surface area contributed by atoms with Crippen LogP contribution in [-0.2, 0) is 17.5 Å². The lowest BCUT2D eigenvalue weighted by atomic mass is 9.53. The number of tetrazole rings is 1. The Balaban J connectivity index is 1.27. The molecule has 1 amide bonds. The zero-order valence-electron chi connectivity index (χ0n) is 15.8. The molecule has 0 aliphatic heterocycles. The number of nitrogens with zero attached hydrogens (tertiary/aromatic N) is 4. The number of nitrogens with one attached hydrogen (secondary N) is 1. The molecule has 1 N–H and O–H groups in total. The van der Waals surface area contributed by atoms with Crippen LogP contribution in [0.1, 0.15) is 44.1 Å². The highest BCUT2D eigenvalue weighted by Gasteiger charge is 2.51. The van der Waals surface area contributed by atoms with Crippen LogP contribution in [0.3, 0.4) is 0 Å². The molecule has 0 spiro atoms. The van der Waals surface area contributed by atoms with Crippen molar-refractivity contribution in [1.29, 1.82) is 0 Å². The van der Waals surface area contributed by atoms with E-state index in [9.17, 15) is 18.0 Å². The number of amides is 1. The molecule has 29 heavy (non-hydrogen) atoms. The van der Waals surface area contributed by atoms with Crippen LogP contribution in [0.2, 0.25) is 0 Å². The minimum Gasteiger partial charge on any atom is -0.349 e. The molecule has 1 aromatic carbocycles. The summed E-state index contributed by atoms with van der Waals surface area (Å²) in [5, 5.41) is 15.0. The van der Waals surface area contributed by atoms with Gasteiger partial charge in [0, 0.05) is 11.1 Å². The smallest absolute Gasteiger partial charge is 0.349 e. The summed E-state index contributed by atoms with van der Waals surface area (Å²) in [4.78, 5) is 13.8. The van der Waals surface area contributed by atoms with E-state index in [0.717, 1.165) is 53.9 Å². The van der Waals surface area contributed by atoms with Gasteiger partial charge in [-0.15, -0.1) is 10.2 Å². The number of halogens is 3. The molecular weight excluding hydrogens is 383 g/mol. The average molecular weight is 405 g/mol. The Bertz CT molecular complexity index is 903. The SMILES string of the molecule is O=C(Cn1nnc(-c2cccc(C(F)(F)F)c2)n1)NC12CC3CC(CC(C3)C1)C2. The van der Waals surface area contributed by atoms with Gasteiger partial charge in [0.1, 0.15) is 6.54 Å². The molecule has 4 saturated carbocycles. The maximum absolute atomic E-state index is 12.9. The van der Waals surface area contributed by atoms with E-state index in [0.29, 0.717) is 0 Å². The summed E-state index contributed by atoms with van der Waals surface area (Å²) in [5.74, 6) is 2.06. The van der Waals surface area contributed by atoms with E-state index in [1.54, 1.807) is 0 Å². The van der Waals surface area contributed by atoms with E-state index in [1.807, 2.05) is 0 Å². The number of hydrogen-bond donors (Lipinski definition) is 1. The van der Waals surface area contributed by atoms with Gasteiger partial charge in [-0.25, -0.2) is 0 Å². The molecule has 4 fully saturated rings. The van der Waals surface area contributed by atoms with Crippen molar-refractivity contribution in [2.24, 2.45) is 17.8 Å². The van der Waals surface area contributed by atoms with E-state index in [4.69, 9.17) is 0 Å². The zero-order valence-corrected chi connectivity index (χ0v) is 15.8. The Morgan fingerprint density at radius 1 is 1.14 bits per heavy atom. The molecule has 9 heteroatoms. The van der Waals surface area contributed by atoms with Gasteiger partial charge < -0.3 is 5.32 Å². The molecular formula is C20H22F3N5O. The van der Waals surface area contributed by atoms with Crippen LogP contribution in [0.25, 0.3) is 11.4 Å². The van der Waals surface area contributed by atoms with Gasteiger partial charge in [0.25, 0.3) is 0 Å². The van der Waals surface area contributed by atoms with Gasteiger partial charge in [-0.1, -0.05) is 12.1 Å². The number of alkyl halides is 3. The number of hydrogen-bond acceptors (Lipinski definition) is 4. The average Bonchev–Trinajstić information content (AvgIpc) is 3.07. The molecule has 4 bridgehead atoms. The first-order chi connectivity index (χ1) is 13.8. The quantitative estimate of drug-likeness (QED) is 0.846. The summed E-state index contributed by atoms with van der Waals surface area (Å²) < 4.78 is 38.7. The van der Waals surface area contributed by atoms with Crippen LogP contribution in [-0.4, -0.2) is 31.7 Å². The molecule has 0 radical (unpaired) electrons. The Kier molecular flexibility index (Phi) is 4.18. The minimum absolute atomic E-state index is 0.0682. The van der Waals surface area contributed by atoms with E-state index in [-0.39, 0.29) is 29.4 Å². The van der Waals surface area contributed by atoms with Gasteiger partial charge in [-0.3, -0.25) is 4.79 Å². The second kappa shape index (κ2) is 6.53. The summed E-state index contributed by atoms with van der Waals surface area (Å²) in [6, 6.07) is 4.77. The molecule has 2 aromatic rings. The Morgan fingerprint density at radius 3 is 2.41 bits per heavy atom. The van der Waals surface area contributed by atoms with Gasteiger partial charge in [0.2, 0.25) is 11.7 Å². The van der Waals surface area contributed by atoms with Gasteiger partial charge >= 0.3 is 6.18 Å². The van der Waals surface area contributed by atoms with Crippen molar-refractivity contribution >= 4 is 5.91 Å². The molecule has 0 saturated heterocycles. The molecule has 1 aromatic heterocycles. The highest BCUT2D eigenvalue weighted by atomic mass is 19.4. The lowest BCUT2D eigenvalue weighted by molar-refractivity contribution is -0.137. The highest BCUT2D eigenvalue weighted by molar-refractivity contribution is 5.76. The van der Waals surface area contributed by atoms with Crippen molar-refractivity contribution in [2.75, 3.05) is 0 Å². The summed E-state index contributed by atoms with van der Waals surface area (Å²) in [7, 11) is 0. The van der Waals surface area contributed by atoms with Crippen molar-refractivity contribution in [3.8, 4) is 11.4 Å². The van der Waals surface area contributed by atoms with Crippen LogP contribution in [0, 0.1) is 17.8 Å². The molecule has 4 aliphatic rings. The fourth-order valence-electron chi connectivity index (χ4n) is 5.99. The molecule has 4 aliphatic carbocycles. The maximum Gasteiger partial charge on any atom is 0.416 e. The van der Waals surface area contributed by atoms with Crippen LogP contribution in [0.4, 0.5) is 13.2 Å². The summed E-state index contributed by atoms with van der Waals surface area (Å²) >= 11 is 0. The third kappa shape index (κ3) is 3.62. The standard InChI is InChI=1S/C20H22F3N5O/c21-20(22,23)16-3-1-2-15(7-16)18-25-27-28(26-18)11-17(29)24-19-8-12-4-13(9-19)6-14(5-12)10-19/h1-3,7,12-14H,4-6,8-11H2,(H,24,29). The van der Waals surface area contributed by atoms with Crippen molar-refractivity contribution in [2.45, 2.75) is 56.8 Å². The van der Waals surface area contributed by atoms with Crippen molar-refractivity contribution in [1.82, 2.24) is 25.5 Å². The number of aromatic nitrogens is 4. The molecule has 0 atom stereocenters. The fourth-order valence-corrected chi connectivity index (χ4v) is 5.99. The molecule has 0 unspecified atom stereocenters. The Labute approximate surface area is 165 Å². The number of benzene rings is 1. The van der Waals surface area contributed by atoms with Crippen LogP contribution in [0.15, 0.2) is 24.3 Å². The van der Waals surface area contributed by atoms with E-state index in [1.165, 1.54) is 31.4 Å². The normalized spacial score (nSPS) is 30.5. The monoisotopic (exact) mass is 405 g/mol. The maximum atomic E-state index is 12.9. The van der Waals surface area contributed by atoms with E-state index in [2.05, 4.69) is 20.7 Å². The van der Waals surface area contributed by atoms with E-state index < -0.39 is 11.7 Å². The first-order valence-corrected chi connectivity index (χ1v) is 10.0. The molecule has 154 valence electrons. The first kappa shape index (κ1) is 18.6. The van der Waals surface area contributed by atoms with Gasteiger partial charge in [0.15, 0.2) is 0 Å².